The number of carbonyl (C=O) groups excluding carboxylic acids is 2. The van der Waals surface area contributed by atoms with E-state index in [9.17, 15) is 9.59 Å². The van der Waals surface area contributed by atoms with Gasteiger partial charge in [0.05, 0.1) is 66.6 Å². The highest BCUT2D eigenvalue weighted by molar-refractivity contribution is 14.1. The minimum atomic E-state index is -0.571. The first-order chi connectivity index (χ1) is 50.6. The number of amides is 2. The Morgan fingerprint density at radius 3 is 1.54 bits per heavy atom. The van der Waals surface area contributed by atoms with Crippen LogP contribution in [-0.2, 0) is 22.3 Å². The molecule has 11 N–H and O–H groups in total. The monoisotopic (exact) mass is 1570 g/mol. The molecule has 2 atom stereocenters. The number of nitrogens with one attached hydrogen (secondary N) is 9. The maximum absolute atomic E-state index is 12.8. The van der Waals surface area contributed by atoms with Crippen LogP contribution in [0.3, 0.4) is 0 Å². The molecule has 570 valence electrons. The minimum absolute atomic E-state index is 0.347. The van der Waals surface area contributed by atoms with E-state index in [1.165, 1.54) is 38.3 Å². The molecule has 29 nitrogen and oxygen atoms in total. The van der Waals surface area contributed by atoms with Crippen molar-refractivity contribution in [2.75, 3.05) is 118 Å². The fourth-order valence-electron chi connectivity index (χ4n) is 12.1. The lowest BCUT2D eigenvalue weighted by Crippen LogP contribution is -2.42. The highest BCUT2D eigenvalue weighted by Gasteiger charge is 2.31. The van der Waals surface area contributed by atoms with Crippen molar-refractivity contribution in [2.45, 2.75) is 151 Å². The Kier molecular flexibility index (Phi) is 29.3. The molecule has 1 aliphatic carbocycles. The van der Waals surface area contributed by atoms with Gasteiger partial charge >= 0.3 is 12.2 Å². The average molecular weight is 1570 g/mol. The van der Waals surface area contributed by atoms with Gasteiger partial charge in [-0.05, 0) is 203 Å². The highest BCUT2D eigenvalue weighted by Crippen LogP contribution is 2.35. The standard InChI is InChI=1S/C24H31N7O3.C19H23N7O.C13H15IN4O.C11H19N3O2.C9H19N/c1-15-12-21(25-5)28-22(26-15)27-16-9-10-20(33-6)18(13-16)31-14-19-17(29-31)8-7-11-30(19)23(32)34-24(2,3)4;1-12-9-18(20-2)24-19(22-12)23-13-6-7-17(27-3)16(10-13)26-11-15-14(25-26)5-4-8-21-15;1-8-6-12(15-2)18-13(16-8)17-9-4-5-11(19-3)10(14)7-9;1-11(2,3)16-10(15)14-5-4-8(6-12)9(13)7-14;1-3-8-6-4-5-7-9(8)10-2/h9-10,12-14H,7-8,11H2,1-6H3,(H2,25,26,27,28);6-7,9-11,21H,4-5,8H2,1-3H3,(H2,20,22,23,24);4-7H,1-3H3,(H2,15,16,17,18);6,12H,4-5,7,13H2,1-3H3;8-10H,3-7H2,1-2H3/t;;;;8-,9-/m....1/s1. The van der Waals surface area contributed by atoms with Gasteiger partial charge in [0.1, 0.15) is 57.3 Å². The Morgan fingerprint density at radius 1 is 0.604 bits per heavy atom. The van der Waals surface area contributed by atoms with Crippen LogP contribution in [0.15, 0.2) is 96.5 Å². The summed E-state index contributed by atoms with van der Waals surface area (Å²) in [6.45, 7) is 21.6. The smallest absolute Gasteiger partial charge is 0.414 e. The first-order valence-corrected chi connectivity index (χ1v) is 36.9. The highest BCUT2D eigenvalue weighted by atomic mass is 127. The van der Waals surface area contributed by atoms with Crippen LogP contribution in [0.2, 0.25) is 0 Å². The number of ether oxygens (including phenoxy) is 5. The zero-order chi connectivity index (χ0) is 76.8. The second-order valence-corrected chi connectivity index (χ2v) is 28.9. The Bertz CT molecular complexity index is 4270. The summed E-state index contributed by atoms with van der Waals surface area (Å²) in [6, 6.07) is 23.8. The van der Waals surface area contributed by atoms with Gasteiger partial charge in [0.15, 0.2) is 0 Å². The summed E-state index contributed by atoms with van der Waals surface area (Å²) < 4.78 is 31.9. The van der Waals surface area contributed by atoms with Crippen molar-refractivity contribution in [3.8, 4) is 28.6 Å². The number of carbonyl (C=O) groups is 2. The molecule has 8 aromatic rings. The molecule has 8 heterocycles. The number of aryl methyl sites for hydroxylation is 5. The van der Waals surface area contributed by atoms with Gasteiger partial charge in [-0.2, -0.15) is 25.1 Å². The molecular weight excluding hydrogens is 1460 g/mol. The second kappa shape index (κ2) is 38.2. The van der Waals surface area contributed by atoms with E-state index in [1.807, 2.05) is 173 Å². The van der Waals surface area contributed by atoms with Crippen molar-refractivity contribution in [2.24, 2.45) is 11.7 Å². The van der Waals surface area contributed by atoms with E-state index in [0.29, 0.717) is 55.3 Å². The number of methoxy groups -OCH3 is 3. The van der Waals surface area contributed by atoms with Crippen molar-refractivity contribution in [1.29, 1.82) is 5.41 Å². The number of anilines is 11. The second-order valence-electron chi connectivity index (χ2n) is 27.7. The summed E-state index contributed by atoms with van der Waals surface area (Å²) in [5, 5.41) is 42.2. The Labute approximate surface area is 636 Å². The molecule has 3 aromatic carbocycles. The van der Waals surface area contributed by atoms with Gasteiger partial charge in [-0.1, -0.05) is 26.2 Å². The van der Waals surface area contributed by atoms with Crippen molar-refractivity contribution >= 4 is 105 Å². The van der Waals surface area contributed by atoms with Gasteiger partial charge in [0, 0.05) is 111 Å². The third kappa shape index (κ3) is 23.4. The van der Waals surface area contributed by atoms with Crippen LogP contribution >= 0.6 is 22.6 Å². The number of rotatable bonds is 17. The summed E-state index contributed by atoms with van der Waals surface area (Å²) >= 11 is 2.23. The molecule has 0 unspecified atom stereocenters. The number of halogens is 1. The van der Waals surface area contributed by atoms with E-state index in [4.69, 9.17) is 45.0 Å². The number of aromatic nitrogens is 10. The molecule has 0 spiro atoms. The van der Waals surface area contributed by atoms with E-state index in [2.05, 4.69) is 109 Å². The number of hydrogen-bond donors (Lipinski definition) is 10. The summed E-state index contributed by atoms with van der Waals surface area (Å²) in [5.74, 6) is 7.09. The van der Waals surface area contributed by atoms with E-state index < -0.39 is 11.2 Å². The third-order valence-electron chi connectivity index (χ3n) is 17.3. The van der Waals surface area contributed by atoms with Crippen molar-refractivity contribution < 1.29 is 33.3 Å². The molecule has 106 heavy (non-hydrogen) atoms. The predicted octanol–water partition coefficient (Wildman–Crippen LogP) is 14.4. The van der Waals surface area contributed by atoms with Gasteiger partial charge in [0.25, 0.3) is 0 Å². The average Bonchev–Trinajstić information content (AvgIpc) is 1.63. The molecule has 4 aliphatic rings. The molecule has 0 bridgehead atoms. The third-order valence-corrected chi connectivity index (χ3v) is 18.2. The number of benzene rings is 3. The molecule has 5 aromatic heterocycles. The first-order valence-electron chi connectivity index (χ1n) is 35.8. The van der Waals surface area contributed by atoms with Gasteiger partial charge < -0.3 is 82.3 Å². The van der Waals surface area contributed by atoms with Crippen LogP contribution in [0.5, 0.6) is 17.2 Å². The number of fused-ring (bicyclic) bond motifs is 2. The zero-order valence-corrected chi connectivity index (χ0v) is 66.6. The number of nitrogens with zero attached hydrogens (tertiary/aromatic N) is 12. The quantitative estimate of drug-likeness (QED) is 0.0299. The molecule has 1 fully saturated rings. The maximum atomic E-state index is 12.8. The molecular formula is C76H107IN22O7. The molecule has 12 rings (SSSR count). The fraction of sp³-hybridized carbons (Fsp3) is 0.461. The molecule has 3 aliphatic heterocycles. The van der Waals surface area contributed by atoms with Gasteiger partial charge in [0.2, 0.25) is 17.8 Å². The fourth-order valence-corrected chi connectivity index (χ4v) is 12.8. The summed E-state index contributed by atoms with van der Waals surface area (Å²) in [6.07, 6.45) is 15.8. The molecule has 0 saturated heterocycles. The van der Waals surface area contributed by atoms with Gasteiger partial charge in [-0.15, -0.1) is 0 Å². The van der Waals surface area contributed by atoms with E-state index in [0.717, 1.165) is 151 Å². The van der Waals surface area contributed by atoms with Crippen LogP contribution in [0.25, 0.3) is 11.4 Å². The summed E-state index contributed by atoms with van der Waals surface area (Å²) in [4.78, 5) is 54.3. The topological polar surface area (TPSA) is 346 Å². The van der Waals surface area contributed by atoms with Gasteiger partial charge in [-0.3, -0.25) is 4.90 Å². The molecule has 2 amide bonds. The SMILES string of the molecule is CC(C)(C)OC(=O)N1CCC(C=N)=C(N)C1.CC[C@@H]1CCCC[C@H]1NC.CNc1cc(C)nc(Nc2ccc(OC)c(-n3cc4c(n3)CCCN4)c2)n1.CNc1cc(C)nc(Nc2ccc(OC)c(-n3cc4c(n3)CCCN4C(=O)OC(C)(C)C)c2)n1.CNc1cc(C)nc(Nc2ccc(OC)c(I)c2)n1. The maximum Gasteiger partial charge on any atom is 0.414 e. The van der Waals surface area contributed by atoms with Gasteiger partial charge in [-0.25, -0.2) is 33.9 Å². The van der Waals surface area contributed by atoms with E-state index in [-0.39, 0.29) is 12.2 Å². The first kappa shape index (κ1) is 81.4. The summed E-state index contributed by atoms with van der Waals surface area (Å²) in [7, 11) is 12.5. The Balaban J connectivity index is 0.000000176. The van der Waals surface area contributed by atoms with E-state index in [1.54, 1.807) is 35.8 Å². The molecule has 30 heteroatoms. The van der Waals surface area contributed by atoms with Crippen molar-refractivity contribution in [3.63, 3.8) is 0 Å². The van der Waals surface area contributed by atoms with Crippen LogP contribution < -0.4 is 67.4 Å². The predicted molar refractivity (Wildman–Crippen MR) is 431 cm³/mol. The van der Waals surface area contributed by atoms with Crippen LogP contribution in [0, 0.1) is 35.7 Å². The normalized spacial score (nSPS) is 15.2. The lowest BCUT2D eigenvalue weighted by Gasteiger charge is -2.30. The largest absolute Gasteiger partial charge is 0.496 e. The Hall–Kier alpha value is -10.2. The number of hydrogen-bond acceptors (Lipinski definition) is 25. The van der Waals surface area contributed by atoms with E-state index >= 15 is 0 Å². The Morgan fingerprint density at radius 2 is 1.08 bits per heavy atom. The zero-order valence-electron chi connectivity index (χ0n) is 64.4. The lowest BCUT2D eigenvalue weighted by atomic mass is 9.83. The van der Waals surface area contributed by atoms with Crippen LogP contribution in [0.4, 0.5) is 73.3 Å². The molecule has 0 radical (unpaired) electrons. The number of nitrogens with two attached hydrogens (primary N) is 1. The molecule has 1 saturated carbocycles. The van der Waals surface area contributed by atoms with Crippen molar-refractivity contribution in [3.05, 3.63) is 129 Å². The summed E-state index contributed by atoms with van der Waals surface area (Å²) in [5.41, 5.74) is 16.6. The lowest BCUT2D eigenvalue weighted by molar-refractivity contribution is 0.0260. The van der Waals surface area contributed by atoms with Crippen LogP contribution in [-0.4, -0.2) is 166 Å². The van der Waals surface area contributed by atoms with Crippen LogP contribution in [0.1, 0.15) is 128 Å². The van der Waals surface area contributed by atoms with Crippen molar-refractivity contribution in [1.82, 2.24) is 59.7 Å². The minimum Gasteiger partial charge on any atom is -0.496 e.